The molecule has 0 aromatic carbocycles. The molecule has 1 aliphatic heterocycles. The highest BCUT2D eigenvalue weighted by Crippen LogP contribution is 2.30. The Hall–Kier alpha value is -0.590. The molecule has 2 heterocycles. The fourth-order valence-corrected chi connectivity index (χ4v) is 4.40. The lowest BCUT2D eigenvalue weighted by Gasteiger charge is -2.22. The minimum absolute atomic E-state index is 0.0856. The van der Waals surface area contributed by atoms with Crippen LogP contribution in [0.5, 0.6) is 0 Å². The molecular formula is C12H17N3OS2. The zero-order valence-corrected chi connectivity index (χ0v) is 11.8. The highest BCUT2D eigenvalue weighted by Gasteiger charge is 2.20. The van der Waals surface area contributed by atoms with Gasteiger partial charge in [0.1, 0.15) is 0 Å². The van der Waals surface area contributed by atoms with Crippen LogP contribution in [0.4, 0.5) is 5.13 Å². The van der Waals surface area contributed by atoms with Crippen molar-refractivity contribution in [2.24, 2.45) is 0 Å². The maximum Gasteiger partial charge on any atom is 0.227 e. The minimum Gasteiger partial charge on any atom is -0.312 e. The van der Waals surface area contributed by atoms with Gasteiger partial charge in [0.25, 0.3) is 0 Å². The Bertz CT molecular complexity index is 419. The molecule has 98 valence electrons. The molecule has 1 unspecified atom stereocenters. The molecule has 1 saturated heterocycles. The molecule has 1 aliphatic carbocycles. The number of carbonyl (C=O) groups is 1. The summed E-state index contributed by atoms with van der Waals surface area (Å²) in [5, 5.41) is 7.10. The van der Waals surface area contributed by atoms with E-state index in [-0.39, 0.29) is 5.91 Å². The van der Waals surface area contributed by atoms with Gasteiger partial charge in [-0.05, 0) is 19.3 Å². The normalized spacial score (nSPS) is 22.8. The lowest BCUT2D eigenvalue weighted by Crippen LogP contribution is -2.39. The summed E-state index contributed by atoms with van der Waals surface area (Å²) in [6, 6.07) is 0.315. The van der Waals surface area contributed by atoms with Gasteiger partial charge in [0.2, 0.25) is 5.91 Å². The number of aromatic nitrogens is 1. The van der Waals surface area contributed by atoms with Crippen LogP contribution in [0, 0.1) is 0 Å². The molecule has 1 fully saturated rings. The predicted molar refractivity (Wildman–Crippen MR) is 76.5 cm³/mol. The number of hydrogen-bond acceptors (Lipinski definition) is 5. The summed E-state index contributed by atoms with van der Waals surface area (Å²) >= 11 is 3.56. The zero-order valence-electron chi connectivity index (χ0n) is 10.2. The smallest absolute Gasteiger partial charge is 0.227 e. The van der Waals surface area contributed by atoms with Crippen LogP contribution in [-0.4, -0.2) is 35.0 Å². The van der Waals surface area contributed by atoms with Crippen molar-refractivity contribution in [2.75, 3.05) is 23.4 Å². The van der Waals surface area contributed by atoms with E-state index in [9.17, 15) is 4.79 Å². The molecule has 0 spiro atoms. The van der Waals surface area contributed by atoms with Crippen molar-refractivity contribution in [2.45, 2.75) is 31.7 Å². The molecule has 6 heteroatoms. The SMILES string of the molecule is O=C(CC1CSCCN1)Nc1nc2c(s1)CCC2. The summed E-state index contributed by atoms with van der Waals surface area (Å²) in [6.07, 6.45) is 3.97. The third-order valence-corrected chi connectivity index (χ3v) is 5.48. The van der Waals surface area contributed by atoms with Crippen molar-refractivity contribution < 1.29 is 4.79 Å². The Morgan fingerprint density at radius 2 is 2.44 bits per heavy atom. The molecule has 1 aromatic heterocycles. The Labute approximate surface area is 115 Å². The van der Waals surface area contributed by atoms with Crippen molar-refractivity contribution in [3.05, 3.63) is 10.6 Å². The van der Waals surface area contributed by atoms with Gasteiger partial charge in [0.05, 0.1) is 5.69 Å². The predicted octanol–water partition coefficient (Wildman–Crippen LogP) is 1.67. The molecule has 1 atom stereocenters. The Morgan fingerprint density at radius 1 is 1.50 bits per heavy atom. The number of anilines is 1. The van der Waals surface area contributed by atoms with E-state index in [0.29, 0.717) is 12.5 Å². The number of thioether (sulfide) groups is 1. The fraction of sp³-hybridized carbons (Fsp3) is 0.667. The van der Waals surface area contributed by atoms with Crippen LogP contribution in [0.15, 0.2) is 0 Å². The summed E-state index contributed by atoms with van der Waals surface area (Å²) in [5.74, 6) is 2.27. The number of rotatable bonds is 3. The number of thiazole rings is 1. The maximum atomic E-state index is 11.9. The molecule has 0 radical (unpaired) electrons. The minimum atomic E-state index is 0.0856. The van der Waals surface area contributed by atoms with Crippen LogP contribution < -0.4 is 10.6 Å². The second kappa shape index (κ2) is 5.59. The van der Waals surface area contributed by atoms with E-state index in [2.05, 4.69) is 15.6 Å². The molecule has 0 bridgehead atoms. The van der Waals surface area contributed by atoms with Crippen LogP contribution in [0.1, 0.15) is 23.4 Å². The van der Waals surface area contributed by atoms with Gasteiger partial charge in [-0.3, -0.25) is 4.79 Å². The van der Waals surface area contributed by atoms with Crippen LogP contribution >= 0.6 is 23.1 Å². The van der Waals surface area contributed by atoms with E-state index < -0.39 is 0 Å². The monoisotopic (exact) mass is 283 g/mol. The van der Waals surface area contributed by atoms with Crippen molar-refractivity contribution in [3.63, 3.8) is 0 Å². The number of amides is 1. The van der Waals surface area contributed by atoms with E-state index in [1.165, 1.54) is 17.0 Å². The van der Waals surface area contributed by atoms with Gasteiger partial charge in [-0.1, -0.05) is 0 Å². The average molecular weight is 283 g/mol. The largest absolute Gasteiger partial charge is 0.312 e. The third-order valence-electron chi connectivity index (χ3n) is 3.27. The summed E-state index contributed by atoms with van der Waals surface area (Å²) in [5.41, 5.74) is 1.20. The van der Waals surface area contributed by atoms with E-state index >= 15 is 0 Å². The van der Waals surface area contributed by atoms with Gasteiger partial charge < -0.3 is 10.6 Å². The van der Waals surface area contributed by atoms with Gasteiger partial charge in [-0.25, -0.2) is 4.98 Å². The molecule has 4 nitrogen and oxygen atoms in total. The molecule has 0 saturated carbocycles. The Balaban J connectivity index is 1.53. The first-order valence-electron chi connectivity index (χ1n) is 6.41. The molecule has 3 rings (SSSR count). The topological polar surface area (TPSA) is 54.0 Å². The number of nitrogens with zero attached hydrogens (tertiary/aromatic N) is 1. The molecule has 2 aliphatic rings. The molecule has 1 amide bonds. The molecule has 2 N–H and O–H groups in total. The van der Waals surface area contributed by atoms with Crippen LogP contribution in [0.2, 0.25) is 0 Å². The first-order valence-corrected chi connectivity index (χ1v) is 8.38. The third kappa shape index (κ3) is 2.87. The first-order chi connectivity index (χ1) is 8.81. The molecule has 1 aromatic rings. The van der Waals surface area contributed by atoms with E-state index in [1.54, 1.807) is 11.3 Å². The van der Waals surface area contributed by atoms with Crippen LogP contribution in [0.3, 0.4) is 0 Å². The van der Waals surface area contributed by atoms with Gasteiger partial charge in [-0.15, -0.1) is 11.3 Å². The van der Waals surface area contributed by atoms with E-state index in [0.717, 1.165) is 36.0 Å². The maximum absolute atomic E-state index is 11.9. The quantitative estimate of drug-likeness (QED) is 0.886. The summed E-state index contributed by atoms with van der Waals surface area (Å²) < 4.78 is 0. The first kappa shape index (κ1) is 12.4. The lowest BCUT2D eigenvalue weighted by atomic mass is 10.2. The van der Waals surface area contributed by atoms with Gasteiger partial charge >= 0.3 is 0 Å². The standard InChI is InChI=1S/C12H17N3OS2/c16-11(6-8-7-17-5-4-13-8)15-12-14-9-2-1-3-10(9)18-12/h8,13H,1-7H2,(H,14,15,16). The Kier molecular flexibility index (Phi) is 3.86. The van der Waals surface area contributed by atoms with Gasteiger partial charge in [0.15, 0.2) is 5.13 Å². The van der Waals surface area contributed by atoms with Crippen molar-refractivity contribution in [1.29, 1.82) is 0 Å². The van der Waals surface area contributed by atoms with E-state index in [1.807, 2.05) is 11.8 Å². The second-order valence-corrected chi connectivity index (χ2v) is 6.95. The van der Waals surface area contributed by atoms with Gasteiger partial charge in [0, 0.05) is 35.4 Å². The lowest BCUT2D eigenvalue weighted by molar-refractivity contribution is -0.116. The van der Waals surface area contributed by atoms with Crippen molar-refractivity contribution >= 4 is 34.1 Å². The number of aryl methyl sites for hydroxylation is 2. The number of nitrogens with one attached hydrogen (secondary N) is 2. The summed E-state index contributed by atoms with van der Waals surface area (Å²) in [6.45, 7) is 1.01. The zero-order chi connectivity index (χ0) is 12.4. The summed E-state index contributed by atoms with van der Waals surface area (Å²) in [4.78, 5) is 17.8. The van der Waals surface area contributed by atoms with Gasteiger partial charge in [-0.2, -0.15) is 11.8 Å². The number of hydrogen-bond donors (Lipinski definition) is 2. The highest BCUT2D eigenvalue weighted by molar-refractivity contribution is 7.99. The second-order valence-electron chi connectivity index (χ2n) is 4.72. The highest BCUT2D eigenvalue weighted by atomic mass is 32.2. The average Bonchev–Trinajstić information content (AvgIpc) is 2.90. The molecular weight excluding hydrogens is 266 g/mol. The Morgan fingerprint density at radius 3 is 3.22 bits per heavy atom. The van der Waals surface area contributed by atoms with Crippen LogP contribution in [-0.2, 0) is 17.6 Å². The number of fused-ring (bicyclic) bond motifs is 1. The van der Waals surface area contributed by atoms with Crippen molar-refractivity contribution in [3.8, 4) is 0 Å². The van der Waals surface area contributed by atoms with Crippen molar-refractivity contribution in [1.82, 2.24) is 10.3 Å². The van der Waals surface area contributed by atoms with E-state index in [4.69, 9.17) is 0 Å². The van der Waals surface area contributed by atoms with Crippen LogP contribution in [0.25, 0.3) is 0 Å². The fourth-order valence-electron chi connectivity index (χ4n) is 2.39. The summed E-state index contributed by atoms with van der Waals surface area (Å²) in [7, 11) is 0. The molecule has 18 heavy (non-hydrogen) atoms. The number of carbonyl (C=O) groups excluding carboxylic acids is 1.